The number of rotatable bonds is 7. The molecule has 1 aliphatic carbocycles. The number of hydrogen-bond acceptors (Lipinski definition) is 5. The van der Waals surface area contributed by atoms with Crippen LogP contribution in [0.4, 0.5) is 14.6 Å². The summed E-state index contributed by atoms with van der Waals surface area (Å²) in [6.45, 7) is 1.98. The van der Waals surface area contributed by atoms with Gasteiger partial charge in [-0.25, -0.2) is 13.8 Å². The van der Waals surface area contributed by atoms with E-state index in [4.69, 9.17) is 0 Å². The van der Waals surface area contributed by atoms with Gasteiger partial charge in [0.25, 0.3) is 5.56 Å². The molecule has 0 amide bonds. The van der Waals surface area contributed by atoms with Crippen LogP contribution in [0.1, 0.15) is 25.3 Å². The van der Waals surface area contributed by atoms with Crippen LogP contribution in [0.2, 0.25) is 0 Å². The maximum Gasteiger partial charge on any atom is 0.266 e. The summed E-state index contributed by atoms with van der Waals surface area (Å²) in [4.78, 5) is 17.3. The molecule has 0 aliphatic heterocycles. The molecule has 0 spiro atoms. The Balaban J connectivity index is 1.51. The maximum absolute atomic E-state index is 14.7. The van der Waals surface area contributed by atoms with E-state index in [9.17, 15) is 18.7 Å². The van der Waals surface area contributed by atoms with E-state index in [0.717, 1.165) is 19.0 Å². The minimum Gasteiger partial charge on any atom is -0.394 e. The molecule has 1 unspecified atom stereocenters. The minimum atomic E-state index is -0.655. The monoisotopic (exact) mass is 451 g/mol. The number of halogens is 2. The summed E-state index contributed by atoms with van der Waals surface area (Å²) < 4.78 is 31.5. The van der Waals surface area contributed by atoms with E-state index < -0.39 is 16.9 Å². The zero-order valence-corrected chi connectivity index (χ0v) is 18.0. The average molecular weight is 451 g/mol. The van der Waals surface area contributed by atoms with Crippen LogP contribution in [0.3, 0.4) is 0 Å². The van der Waals surface area contributed by atoms with Crippen LogP contribution in [0, 0.1) is 17.6 Å². The van der Waals surface area contributed by atoms with Crippen molar-refractivity contribution in [1.82, 2.24) is 19.3 Å². The van der Waals surface area contributed by atoms with Gasteiger partial charge in [-0.3, -0.25) is 14.0 Å². The van der Waals surface area contributed by atoms with Crippen LogP contribution in [-0.2, 0) is 6.54 Å². The molecule has 3 heterocycles. The van der Waals surface area contributed by atoms with Crippen molar-refractivity contribution in [3.8, 4) is 5.69 Å². The number of benzene rings is 1. The summed E-state index contributed by atoms with van der Waals surface area (Å²) in [5.41, 5.74) is -0.00271. The Bertz CT molecular complexity index is 1400. The highest BCUT2D eigenvalue weighted by Crippen LogP contribution is 2.41. The van der Waals surface area contributed by atoms with Gasteiger partial charge >= 0.3 is 0 Å². The lowest BCUT2D eigenvalue weighted by Gasteiger charge is -2.29. The fraction of sp³-hybridized carbons (Fsp3) is 0.292. The maximum atomic E-state index is 14.7. The van der Waals surface area contributed by atoms with Crippen LogP contribution in [0.25, 0.3) is 16.6 Å². The number of hydrogen-bond donors (Lipinski definition) is 2. The van der Waals surface area contributed by atoms with E-state index >= 15 is 0 Å². The van der Waals surface area contributed by atoms with Crippen molar-refractivity contribution in [2.75, 3.05) is 11.9 Å². The zero-order chi connectivity index (χ0) is 23.2. The summed E-state index contributed by atoms with van der Waals surface area (Å²) in [5, 5.41) is 17.6. The number of pyridine rings is 2. The number of anilines is 1. The number of aliphatic hydroxyl groups excluding tert-OH is 1. The highest BCUT2D eigenvalue weighted by atomic mass is 19.1. The first-order valence-corrected chi connectivity index (χ1v) is 10.7. The van der Waals surface area contributed by atoms with E-state index in [2.05, 4.69) is 15.4 Å². The first-order valence-electron chi connectivity index (χ1n) is 10.7. The third-order valence-electron chi connectivity index (χ3n) is 6.30. The van der Waals surface area contributed by atoms with E-state index in [1.807, 2.05) is 6.92 Å². The number of nitrogens with zero attached hydrogens (tertiary/aromatic N) is 4. The number of aromatic nitrogens is 4. The molecule has 1 atom stereocenters. The summed E-state index contributed by atoms with van der Waals surface area (Å²) >= 11 is 0. The number of fused-ring (bicyclic) bond motifs is 1. The Morgan fingerprint density at radius 2 is 1.97 bits per heavy atom. The lowest BCUT2D eigenvalue weighted by atomic mass is 9.97. The van der Waals surface area contributed by atoms with Gasteiger partial charge in [0, 0.05) is 17.8 Å². The summed E-state index contributed by atoms with van der Waals surface area (Å²) in [6, 6.07) is 9.49. The van der Waals surface area contributed by atoms with Crippen LogP contribution in [-0.4, -0.2) is 36.6 Å². The molecule has 0 saturated heterocycles. The predicted molar refractivity (Wildman–Crippen MR) is 120 cm³/mol. The highest BCUT2D eigenvalue weighted by Gasteiger charge is 2.41. The van der Waals surface area contributed by atoms with Crippen LogP contribution in [0.5, 0.6) is 0 Å². The van der Waals surface area contributed by atoms with Crippen molar-refractivity contribution < 1.29 is 13.9 Å². The molecule has 1 aromatic carbocycles. The standard InChI is InChI=1S/C24H23F2N5O2/c1-24(14-32,16-6-7-16)29-22-10-21(19(26)12-27-22)30-9-8-20-17(23(30)33)11-28-31(20)13-15-4-2-3-5-18(15)25/h2-5,8-12,16,32H,6-7,13-14H2,1H3,(H,27,29). The zero-order valence-electron chi connectivity index (χ0n) is 18.0. The van der Waals surface area contributed by atoms with Gasteiger partial charge in [-0.05, 0) is 37.8 Å². The van der Waals surface area contributed by atoms with Gasteiger partial charge in [0.2, 0.25) is 0 Å². The number of nitrogens with one attached hydrogen (secondary N) is 1. The molecular weight excluding hydrogens is 428 g/mol. The van der Waals surface area contributed by atoms with Crippen LogP contribution in [0.15, 0.2) is 59.8 Å². The lowest BCUT2D eigenvalue weighted by Crippen LogP contribution is -2.41. The fourth-order valence-corrected chi connectivity index (χ4v) is 4.15. The summed E-state index contributed by atoms with van der Waals surface area (Å²) in [6.07, 6.45) is 5.94. The summed E-state index contributed by atoms with van der Waals surface area (Å²) in [5.74, 6) is -0.318. The molecule has 1 saturated carbocycles. The van der Waals surface area contributed by atoms with Crippen molar-refractivity contribution >= 4 is 16.7 Å². The Morgan fingerprint density at radius 3 is 2.70 bits per heavy atom. The van der Waals surface area contributed by atoms with Crippen molar-refractivity contribution in [2.24, 2.45) is 5.92 Å². The lowest BCUT2D eigenvalue weighted by molar-refractivity contribution is 0.205. The topological polar surface area (TPSA) is 85.0 Å². The molecule has 9 heteroatoms. The average Bonchev–Trinajstić information content (AvgIpc) is 3.59. The molecule has 0 bridgehead atoms. The predicted octanol–water partition coefficient (Wildman–Crippen LogP) is 3.48. The Hall–Kier alpha value is -3.59. The second-order valence-electron chi connectivity index (χ2n) is 8.68. The normalized spacial score (nSPS) is 15.5. The SMILES string of the molecule is CC(CO)(Nc1cc(-n2ccc3c(cnn3Cc3ccccc3F)c2=O)c(F)cn1)C1CC1. The molecule has 1 aliphatic rings. The third kappa shape index (κ3) is 3.89. The molecule has 2 N–H and O–H groups in total. The van der Waals surface area contributed by atoms with Crippen LogP contribution >= 0.6 is 0 Å². The molecule has 4 aromatic rings. The van der Waals surface area contributed by atoms with Crippen molar-refractivity contribution in [3.63, 3.8) is 0 Å². The van der Waals surface area contributed by atoms with Gasteiger partial charge in [0.1, 0.15) is 11.6 Å². The molecule has 7 nitrogen and oxygen atoms in total. The largest absolute Gasteiger partial charge is 0.394 e. The molecule has 0 radical (unpaired) electrons. The third-order valence-corrected chi connectivity index (χ3v) is 6.30. The Labute approximate surface area is 188 Å². The van der Waals surface area contributed by atoms with Crippen molar-refractivity contribution in [2.45, 2.75) is 31.8 Å². The quantitative estimate of drug-likeness (QED) is 0.449. The second kappa shape index (κ2) is 8.08. The fourth-order valence-electron chi connectivity index (χ4n) is 4.15. The molecular formula is C24H23F2N5O2. The van der Waals surface area contributed by atoms with Gasteiger partial charge < -0.3 is 10.4 Å². The first kappa shape index (κ1) is 21.3. The van der Waals surface area contributed by atoms with E-state index in [0.29, 0.717) is 22.8 Å². The van der Waals surface area contributed by atoms with Crippen LogP contribution < -0.4 is 10.9 Å². The highest BCUT2D eigenvalue weighted by molar-refractivity contribution is 5.78. The van der Waals surface area contributed by atoms with E-state index in [1.165, 1.54) is 33.8 Å². The molecule has 3 aromatic heterocycles. The summed E-state index contributed by atoms with van der Waals surface area (Å²) in [7, 11) is 0. The van der Waals surface area contributed by atoms with Gasteiger partial charge in [-0.1, -0.05) is 18.2 Å². The Morgan fingerprint density at radius 1 is 1.18 bits per heavy atom. The van der Waals surface area contributed by atoms with Gasteiger partial charge in [-0.15, -0.1) is 0 Å². The Kier molecular flexibility index (Phi) is 5.20. The smallest absolute Gasteiger partial charge is 0.266 e. The second-order valence-corrected chi connectivity index (χ2v) is 8.68. The van der Waals surface area contributed by atoms with E-state index in [1.54, 1.807) is 24.3 Å². The molecule has 1 fully saturated rings. The molecule has 33 heavy (non-hydrogen) atoms. The van der Waals surface area contributed by atoms with Gasteiger partial charge in [0.05, 0.1) is 47.7 Å². The van der Waals surface area contributed by atoms with Crippen molar-refractivity contribution in [1.29, 1.82) is 0 Å². The molecule has 170 valence electrons. The minimum absolute atomic E-state index is 0.0392. The van der Waals surface area contributed by atoms with Gasteiger partial charge in [-0.2, -0.15) is 5.10 Å². The van der Waals surface area contributed by atoms with Gasteiger partial charge in [0.15, 0.2) is 5.82 Å². The van der Waals surface area contributed by atoms with Crippen molar-refractivity contribution in [3.05, 3.63) is 82.5 Å². The first-order chi connectivity index (χ1) is 15.9. The van der Waals surface area contributed by atoms with E-state index in [-0.39, 0.29) is 30.0 Å². The number of aliphatic hydroxyl groups is 1. The molecule has 5 rings (SSSR count).